The number of sulfonamides is 1. The number of rotatable bonds is 6. The standard InChI is InChI=1S/C20H24F3N3O3S2/c1-3-18-24-15(13-30-18)12-25(2)19(27)14-8-10-26(11-9-14)31(28,29)17-7-5-4-6-16(17)20(21,22)23/h4-7,13-14H,3,8-12H2,1-2H3. The van der Waals surface area contributed by atoms with Crippen LogP contribution in [0.3, 0.4) is 0 Å². The average molecular weight is 476 g/mol. The lowest BCUT2D eigenvalue weighted by atomic mass is 9.96. The Morgan fingerprint density at radius 1 is 1.26 bits per heavy atom. The summed E-state index contributed by atoms with van der Waals surface area (Å²) in [6, 6.07) is 4.17. The molecule has 0 radical (unpaired) electrons. The van der Waals surface area contributed by atoms with Gasteiger partial charge in [-0.2, -0.15) is 17.5 Å². The van der Waals surface area contributed by atoms with Crippen molar-refractivity contribution in [3.8, 4) is 0 Å². The minimum Gasteiger partial charge on any atom is -0.340 e. The van der Waals surface area contributed by atoms with Gasteiger partial charge in [0.25, 0.3) is 0 Å². The van der Waals surface area contributed by atoms with Gasteiger partial charge in [-0.25, -0.2) is 13.4 Å². The highest BCUT2D eigenvalue weighted by atomic mass is 32.2. The second-order valence-corrected chi connectivity index (χ2v) is 10.3. The fraction of sp³-hybridized carbons (Fsp3) is 0.500. The van der Waals surface area contributed by atoms with Crippen molar-refractivity contribution in [2.75, 3.05) is 20.1 Å². The topological polar surface area (TPSA) is 70.6 Å². The lowest BCUT2D eigenvalue weighted by Gasteiger charge is -2.32. The maximum atomic E-state index is 13.3. The molecule has 3 rings (SSSR count). The zero-order valence-electron chi connectivity index (χ0n) is 17.2. The first-order chi connectivity index (χ1) is 14.5. The highest BCUT2D eigenvalue weighted by Crippen LogP contribution is 2.36. The molecular formula is C20H24F3N3O3S2. The summed E-state index contributed by atoms with van der Waals surface area (Å²) < 4.78 is 66.6. The second-order valence-electron chi connectivity index (χ2n) is 7.45. The fourth-order valence-corrected chi connectivity index (χ4v) is 6.04. The van der Waals surface area contributed by atoms with Crippen LogP contribution in [0.2, 0.25) is 0 Å². The van der Waals surface area contributed by atoms with E-state index in [0.29, 0.717) is 6.54 Å². The van der Waals surface area contributed by atoms with Crippen molar-refractivity contribution in [2.24, 2.45) is 5.92 Å². The van der Waals surface area contributed by atoms with Crippen LogP contribution >= 0.6 is 11.3 Å². The predicted octanol–water partition coefficient (Wildman–Crippen LogP) is 3.78. The number of benzene rings is 1. The third kappa shape index (κ3) is 5.27. The smallest absolute Gasteiger partial charge is 0.340 e. The van der Waals surface area contributed by atoms with Crippen LogP contribution in [0.4, 0.5) is 13.2 Å². The number of piperidine rings is 1. The molecule has 0 saturated carbocycles. The maximum absolute atomic E-state index is 13.3. The first kappa shape index (κ1) is 23.7. The predicted molar refractivity (Wildman–Crippen MR) is 111 cm³/mol. The Morgan fingerprint density at radius 3 is 2.48 bits per heavy atom. The maximum Gasteiger partial charge on any atom is 0.417 e. The molecule has 31 heavy (non-hydrogen) atoms. The van der Waals surface area contributed by atoms with Crippen LogP contribution in [-0.2, 0) is 34.0 Å². The molecule has 0 bridgehead atoms. The molecule has 170 valence electrons. The molecular weight excluding hydrogens is 451 g/mol. The molecule has 0 N–H and O–H groups in total. The minimum atomic E-state index is -4.77. The van der Waals surface area contributed by atoms with Crippen LogP contribution in [0.15, 0.2) is 34.5 Å². The Kier molecular flexibility index (Phi) is 7.07. The van der Waals surface area contributed by atoms with Gasteiger partial charge in [0.05, 0.1) is 27.7 Å². The van der Waals surface area contributed by atoms with Crippen LogP contribution in [0.5, 0.6) is 0 Å². The normalized spacial score (nSPS) is 16.4. The van der Waals surface area contributed by atoms with E-state index in [0.717, 1.165) is 39.6 Å². The number of halogens is 3. The van der Waals surface area contributed by atoms with Crippen molar-refractivity contribution >= 4 is 27.3 Å². The molecule has 2 heterocycles. The summed E-state index contributed by atoms with van der Waals surface area (Å²) in [5.41, 5.74) is -0.371. The number of hydrogen-bond donors (Lipinski definition) is 0. The highest BCUT2D eigenvalue weighted by Gasteiger charge is 2.40. The molecule has 1 amide bonds. The molecule has 1 aliphatic heterocycles. The van der Waals surface area contributed by atoms with Crippen LogP contribution in [-0.4, -0.2) is 48.7 Å². The SMILES string of the molecule is CCc1nc(CN(C)C(=O)C2CCN(S(=O)(=O)c3ccccc3C(F)(F)F)CC2)cs1. The van der Waals surface area contributed by atoms with E-state index >= 15 is 0 Å². The molecule has 0 unspecified atom stereocenters. The van der Waals surface area contributed by atoms with E-state index < -0.39 is 26.7 Å². The largest absolute Gasteiger partial charge is 0.417 e. The van der Waals surface area contributed by atoms with Crippen LogP contribution in [0.25, 0.3) is 0 Å². The Hall–Kier alpha value is -1.98. The first-order valence-corrected chi connectivity index (χ1v) is 12.2. The zero-order valence-corrected chi connectivity index (χ0v) is 18.9. The van der Waals surface area contributed by atoms with Crippen molar-refractivity contribution in [1.82, 2.24) is 14.2 Å². The number of carbonyl (C=O) groups is 1. The summed E-state index contributed by atoms with van der Waals surface area (Å²) in [5.74, 6) is -0.489. The second kappa shape index (κ2) is 9.25. The van der Waals surface area contributed by atoms with Gasteiger partial charge in [-0.3, -0.25) is 4.79 Å². The average Bonchev–Trinajstić information content (AvgIpc) is 3.20. The summed E-state index contributed by atoms with van der Waals surface area (Å²) >= 11 is 1.54. The first-order valence-electron chi connectivity index (χ1n) is 9.88. The number of thiazole rings is 1. The van der Waals surface area contributed by atoms with E-state index in [4.69, 9.17) is 0 Å². The number of nitrogens with zero attached hydrogens (tertiary/aromatic N) is 3. The summed E-state index contributed by atoms with van der Waals surface area (Å²) in [4.78, 5) is 18.0. The van der Waals surface area contributed by atoms with Gasteiger partial charge in [0.1, 0.15) is 0 Å². The van der Waals surface area contributed by atoms with Gasteiger partial charge < -0.3 is 4.90 Å². The van der Waals surface area contributed by atoms with Crippen molar-refractivity contribution in [2.45, 2.75) is 43.8 Å². The van der Waals surface area contributed by atoms with Gasteiger partial charge in [-0.05, 0) is 31.4 Å². The molecule has 0 atom stereocenters. The quantitative estimate of drug-likeness (QED) is 0.638. The van der Waals surface area contributed by atoms with Crippen molar-refractivity contribution in [1.29, 1.82) is 0 Å². The van der Waals surface area contributed by atoms with Crippen LogP contribution in [0, 0.1) is 5.92 Å². The van der Waals surface area contributed by atoms with E-state index in [-0.39, 0.29) is 37.8 Å². The van der Waals surface area contributed by atoms with E-state index in [1.54, 1.807) is 23.3 Å². The van der Waals surface area contributed by atoms with E-state index in [1.165, 1.54) is 6.07 Å². The number of hydrogen-bond acceptors (Lipinski definition) is 5. The molecule has 6 nitrogen and oxygen atoms in total. The summed E-state index contributed by atoms with van der Waals surface area (Å²) in [5, 5.41) is 2.91. The monoisotopic (exact) mass is 475 g/mol. The van der Waals surface area contributed by atoms with Gasteiger partial charge in [-0.15, -0.1) is 11.3 Å². The van der Waals surface area contributed by atoms with Crippen molar-refractivity contribution in [3.05, 3.63) is 45.9 Å². The van der Waals surface area contributed by atoms with Crippen LogP contribution < -0.4 is 0 Å². The summed E-state index contributed by atoms with van der Waals surface area (Å²) in [6.07, 6.45) is -3.43. The summed E-state index contributed by atoms with van der Waals surface area (Å²) in [6.45, 7) is 2.37. The molecule has 0 spiro atoms. The molecule has 1 aromatic carbocycles. The minimum absolute atomic E-state index is 0.00451. The third-order valence-corrected chi connectivity index (χ3v) is 8.29. The Bertz CT molecular complexity index is 1030. The van der Waals surface area contributed by atoms with Crippen molar-refractivity contribution < 1.29 is 26.4 Å². The summed E-state index contributed by atoms with van der Waals surface area (Å²) in [7, 11) is -2.64. The Morgan fingerprint density at radius 2 is 1.90 bits per heavy atom. The molecule has 0 aliphatic carbocycles. The molecule has 1 saturated heterocycles. The van der Waals surface area contributed by atoms with Gasteiger partial charge in [0, 0.05) is 31.4 Å². The number of aryl methyl sites for hydroxylation is 1. The van der Waals surface area contributed by atoms with Crippen LogP contribution in [0.1, 0.15) is 36.0 Å². The number of alkyl halides is 3. The van der Waals surface area contributed by atoms with E-state index in [1.807, 2.05) is 12.3 Å². The van der Waals surface area contributed by atoms with Gasteiger partial charge in [0.2, 0.25) is 15.9 Å². The molecule has 11 heteroatoms. The zero-order chi connectivity index (χ0) is 22.8. The molecule has 1 aliphatic rings. The highest BCUT2D eigenvalue weighted by molar-refractivity contribution is 7.89. The van der Waals surface area contributed by atoms with E-state index in [9.17, 15) is 26.4 Å². The van der Waals surface area contributed by atoms with Gasteiger partial charge in [0.15, 0.2) is 0 Å². The fourth-order valence-electron chi connectivity index (χ4n) is 3.62. The number of amides is 1. The lowest BCUT2D eigenvalue weighted by Crippen LogP contribution is -2.43. The molecule has 1 fully saturated rings. The third-order valence-electron chi connectivity index (χ3n) is 5.29. The number of aromatic nitrogens is 1. The molecule has 2 aromatic rings. The Labute approximate surface area is 183 Å². The lowest BCUT2D eigenvalue weighted by molar-refractivity contribution is -0.140. The number of carbonyl (C=O) groups excluding carboxylic acids is 1. The van der Waals surface area contributed by atoms with Gasteiger partial charge >= 0.3 is 6.18 Å². The van der Waals surface area contributed by atoms with Gasteiger partial charge in [-0.1, -0.05) is 19.1 Å². The van der Waals surface area contributed by atoms with Crippen molar-refractivity contribution in [3.63, 3.8) is 0 Å². The van der Waals surface area contributed by atoms with E-state index in [2.05, 4.69) is 4.98 Å². The molecule has 1 aromatic heterocycles. The Balaban J connectivity index is 1.65.